The molecular weight excluding hydrogens is 288 g/mol. The number of aliphatic hydroxyl groups excluding tert-OH is 4. The average Bonchev–Trinajstić information content (AvgIpc) is 2.51. The molecular formula is C16H36O6. The molecule has 0 aliphatic heterocycles. The minimum absolute atomic E-state index is 0.337. The van der Waals surface area contributed by atoms with Crippen molar-refractivity contribution in [1.82, 2.24) is 0 Å². The molecule has 0 amide bonds. The lowest BCUT2D eigenvalue weighted by atomic mass is 9.93. The minimum Gasteiger partial charge on any atom is -0.481 e. The topological polar surface area (TPSA) is 118 Å². The number of hydrogen-bond donors (Lipinski definition) is 5. The van der Waals surface area contributed by atoms with E-state index in [4.69, 9.17) is 25.5 Å². The number of carboxylic acid groups (broad SMARTS) is 1. The van der Waals surface area contributed by atoms with Gasteiger partial charge >= 0.3 is 5.97 Å². The van der Waals surface area contributed by atoms with E-state index < -0.39 is 37.8 Å². The molecule has 136 valence electrons. The Bertz CT molecular complexity index is 199. The molecule has 0 atom stereocenters. The van der Waals surface area contributed by atoms with Gasteiger partial charge in [0.2, 0.25) is 0 Å². The molecule has 0 aromatic carbocycles. The van der Waals surface area contributed by atoms with E-state index in [2.05, 4.69) is 20.8 Å². The van der Waals surface area contributed by atoms with Crippen LogP contribution in [0.15, 0.2) is 0 Å². The highest BCUT2D eigenvalue weighted by Crippen LogP contribution is 2.11. The summed E-state index contributed by atoms with van der Waals surface area (Å²) in [6.07, 6.45) is 7.13. The van der Waals surface area contributed by atoms with Crippen LogP contribution in [-0.4, -0.2) is 57.9 Å². The van der Waals surface area contributed by atoms with E-state index in [9.17, 15) is 4.79 Å². The third-order valence-electron chi connectivity index (χ3n) is 2.84. The maximum atomic E-state index is 10.0. The molecule has 0 aliphatic rings. The molecule has 0 aromatic heterocycles. The van der Waals surface area contributed by atoms with E-state index in [1.807, 2.05) is 0 Å². The molecule has 0 fully saturated rings. The van der Waals surface area contributed by atoms with Gasteiger partial charge in [-0.05, 0) is 6.42 Å². The summed E-state index contributed by atoms with van der Waals surface area (Å²) in [6.45, 7) is 4.77. The zero-order valence-electron chi connectivity index (χ0n) is 14.4. The van der Waals surface area contributed by atoms with Crippen molar-refractivity contribution in [2.24, 2.45) is 5.41 Å². The molecule has 0 saturated carbocycles. The molecule has 6 nitrogen and oxygen atoms in total. The number of rotatable bonds is 10. The van der Waals surface area contributed by atoms with Crippen LogP contribution in [0.2, 0.25) is 0 Å². The van der Waals surface area contributed by atoms with Crippen LogP contribution in [-0.2, 0) is 4.79 Å². The van der Waals surface area contributed by atoms with Crippen LogP contribution in [0.3, 0.4) is 0 Å². The third-order valence-corrected chi connectivity index (χ3v) is 2.84. The van der Waals surface area contributed by atoms with E-state index in [0.717, 1.165) is 12.8 Å². The van der Waals surface area contributed by atoms with Gasteiger partial charge in [0, 0.05) is 6.42 Å². The van der Waals surface area contributed by atoms with Crippen LogP contribution in [0.25, 0.3) is 0 Å². The smallest absolute Gasteiger partial charge is 0.303 e. The minimum atomic E-state index is -1.11. The summed E-state index contributed by atoms with van der Waals surface area (Å²) < 4.78 is 0. The van der Waals surface area contributed by atoms with Crippen LogP contribution in [0.5, 0.6) is 0 Å². The van der Waals surface area contributed by atoms with Gasteiger partial charge in [0.05, 0.1) is 31.8 Å². The molecule has 0 unspecified atom stereocenters. The zero-order valence-corrected chi connectivity index (χ0v) is 14.4. The number of unbranched alkanes of at least 4 members (excludes halogenated alkanes) is 4. The van der Waals surface area contributed by atoms with Gasteiger partial charge in [0.25, 0.3) is 0 Å². The van der Waals surface area contributed by atoms with Crippen molar-refractivity contribution in [2.45, 2.75) is 65.7 Å². The summed E-state index contributed by atoms with van der Waals surface area (Å²) in [5.74, 6) is -0.670. The van der Waals surface area contributed by atoms with Gasteiger partial charge in [-0.25, -0.2) is 0 Å². The van der Waals surface area contributed by atoms with E-state index in [1.54, 1.807) is 0 Å². The summed E-state index contributed by atoms with van der Waals surface area (Å²) in [5, 5.41) is 42.3. The van der Waals surface area contributed by atoms with E-state index in [1.165, 1.54) is 25.7 Å². The van der Waals surface area contributed by atoms with Crippen LogP contribution < -0.4 is 0 Å². The van der Waals surface area contributed by atoms with E-state index >= 15 is 0 Å². The normalized spacial score (nSPS) is 10.1. The third kappa shape index (κ3) is 19.3. The number of carbonyl (C=O) groups is 1. The summed E-state index contributed by atoms with van der Waals surface area (Å²) in [7, 11) is 0. The van der Waals surface area contributed by atoms with Crippen molar-refractivity contribution in [3.05, 3.63) is 0 Å². The number of hydrogen-bond acceptors (Lipinski definition) is 5. The first-order chi connectivity index (χ1) is 10.4. The monoisotopic (exact) mass is 324 g/mol. The van der Waals surface area contributed by atoms with Crippen LogP contribution in [0.4, 0.5) is 0 Å². The first-order valence-corrected chi connectivity index (χ1v) is 8.08. The second-order valence-corrected chi connectivity index (χ2v) is 5.40. The number of aliphatic hydroxyl groups is 4. The van der Waals surface area contributed by atoms with Gasteiger partial charge in [0.15, 0.2) is 0 Å². The Labute approximate surface area is 134 Å². The summed E-state index contributed by atoms with van der Waals surface area (Å²) in [6, 6.07) is 0. The van der Waals surface area contributed by atoms with Crippen molar-refractivity contribution in [1.29, 1.82) is 0 Å². The van der Waals surface area contributed by atoms with Gasteiger partial charge in [0.1, 0.15) is 0 Å². The van der Waals surface area contributed by atoms with Crippen molar-refractivity contribution < 1.29 is 30.3 Å². The number of carboxylic acids is 1. The van der Waals surface area contributed by atoms with Crippen molar-refractivity contribution in [3.63, 3.8) is 0 Å². The van der Waals surface area contributed by atoms with Crippen LogP contribution in [0.1, 0.15) is 65.7 Å². The van der Waals surface area contributed by atoms with Gasteiger partial charge in [-0.15, -0.1) is 0 Å². The van der Waals surface area contributed by atoms with E-state index in [-0.39, 0.29) is 0 Å². The summed E-state index contributed by atoms with van der Waals surface area (Å²) in [5.41, 5.74) is -1.11. The molecule has 0 aliphatic carbocycles. The maximum Gasteiger partial charge on any atom is 0.303 e. The van der Waals surface area contributed by atoms with Gasteiger partial charge in [-0.3, -0.25) is 4.79 Å². The fourth-order valence-electron chi connectivity index (χ4n) is 1.18. The molecule has 0 saturated heterocycles. The lowest BCUT2D eigenvalue weighted by Crippen LogP contribution is -2.37. The first kappa shape index (κ1) is 26.2. The highest BCUT2D eigenvalue weighted by molar-refractivity contribution is 5.66. The molecule has 0 bridgehead atoms. The Morgan fingerprint density at radius 2 is 1.14 bits per heavy atom. The molecule has 0 rings (SSSR count). The molecule has 0 spiro atoms. The van der Waals surface area contributed by atoms with Gasteiger partial charge in [-0.2, -0.15) is 0 Å². The van der Waals surface area contributed by atoms with Crippen molar-refractivity contribution in [3.8, 4) is 0 Å². The predicted molar refractivity (Wildman–Crippen MR) is 87.8 cm³/mol. The highest BCUT2D eigenvalue weighted by Gasteiger charge is 2.26. The molecule has 0 radical (unpaired) electrons. The predicted octanol–water partition coefficient (Wildman–Crippen LogP) is 1.79. The zero-order chi connectivity index (χ0) is 17.9. The summed E-state index contributed by atoms with van der Waals surface area (Å²) in [4.78, 5) is 10.0. The highest BCUT2D eigenvalue weighted by atomic mass is 16.4. The standard InChI is InChI=1S/C8H16O2.C5H12O4.C3H8/c1-2-3-4-5-6-7-8(9)10;6-1-5(2-7,3-8)4-9;1-3-2/h2-7H2,1H3,(H,9,10);6-9H,1-4H2;3H2,1-2H3. The Kier molecular flexibility index (Phi) is 24.2. The number of aliphatic carboxylic acids is 1. The quantitative estimate of drug-likeness (QED) is 0.391. The fraction of sp³-hybridized carbons (Fsp3) is 0.938. The Morgan fingerprint density at radius 1 is 0.773 bits per heavy atom. The molecule has 22 heavy (non-hydrogen) atoms. The molecule has 0 heterocycles. The summed E-state index contributed by atoms with van der Waals surface area (Å²) >= 11 is 0. The fourth-order valence-corrected chi connectivity index (χ4v) is 1.18. The average molecular weight is 324 g/mol. The largest absolute Gasteiger partial charge is 0.481 e. The van der Waals surface area contributed by atoms with E-state index in [0.29, 0.717) is 6.42 Å². The first-order valence-electron chi connectivity index (χ1n) is 8.08. The Balaban J connectivity index is -0.000000279. The molecule has 0 aromatic rings. The van der Waals surface area contributed by atoms with Crippen molar-refractivity contribution in [2.75, 3.05) is 26.4 Å². The maximum absolute atomic E-state index is 10.0. The van der Waals surface area contributed by atoms with Crippen LogP contribution >= 0.6 is 0 Å². The lowest BCUT2D eigenvalue weighted by molar-refractivity contribution is -0.137. The second-order valence-electron chi connectivity index (χ2n) is 5.40. The Morgan fingerprint density at radius 3 is 1.36 bits per heavy atom. The van der Waals surface area contributed by atoms with Gasteiger partial charge in [-0.1, -0.05) is 52.9 Å². The second kappa shape index (κ2) is 20.3. The Hall–Kier alpha value is -0.690. The molecule has 5 N–H and O–H groups in total. The molecule has 6 heteroatoms. The van der Waals surface area contributed by atoms with Crippen LogP contribution in [0, 0.1) is 5.41 Å². The van der Waals surface area contributed by atoms with Gasteiger partial charge < -0.3 is 25.5 Å². The lowest BCUT2D eigenvalue weighted by Gasteiger charge is -2.23. The SMILES string of the molecule is CCC.CCCCCCCC(=O)O.OCC(CO)(CO)CO. The van der Waals surface area contributed by atoms with Crippen molar-refractivity contribution >= 4 is 5.97 Å².